The lowest BCUT2D eigenvalue weighted by molar-refractivity contribution is -0.143. The van der Waals surface area contributed by atoms with Crippen LogP contribution in [0.1, 0.15) is 328 Å². The molecule has 0 heterocycles. The van der Waals surface area contributed by atoms with Gasteiger partial charge in [-0.3, -0.25) is 9.59 Å². The van der Waals surface area contributed by atoms with Crippen molar-refractivity contribution in [1.82, 2.24) is 5.32 Å². The number of carbonyl (C=O) groups is 2. The maximum Gasteiger partial charge on any atom is 0.305 e. The minimum absolute atomic E-state index is 0.00486. The summed E-state index contributed by atoms with van der Waals surface area (Å²) in [6.07, 6.45) is 77.2. The topological polar surface area (TPSA) is 95.9 Å². The predicted octanol–water partition coefficient (Wildman–Crippen LogP) is 19.7. The van der Waals surface area contributed by atoms with Crippen LogP contribution in [0.4, 0.5) is 0 Å². The van der Waals surface area contributed by atoms with E-state index in [0.29, 0.717) is 19.4 Å². The molecule has 1 amide bonds. The molecule has 0 saturated carbocycles. The Labute approximate surface area is 442 Å². The lowest BCUT2D eigenvalue weighted by Gasteiger charge is -2.20. The molecule has 0 spiro atoms. The number of amides is 1. The van der Waals surface area contributed by atoms with Gasteiger partial charge in [0.25, 0.3) is 0 Å². The van der Waals surface area contributed by atoms with Crippen molar-refractivity contribution in [2.75, 3.05) is 13.2 Å². The Balaban J connectivity index is 3.50. The molecule has 0 fully saturated rings. The van der Waals surface area contributed by atoms with Gasteiger partial charge in [-0.2, -0.15) is 0 Å². The zero-order valence-corrected chi connectivity index (χ0v) is 47.5. The zero-order valence-electron chi connectivity index (χ0n) is 47.5. The Morgan fingerprint density at radius 3 is 1.13 bits per heavy atom. The van der Waals surface area contributed by atoms with Crippen molar-refractivity contribution in [2.45, 2.75) is 341 Å². The minimum atomic E-state index is -0.853. The number of aliphatic hydroxyl groups excluding tert-OH is 2. The molecule has 6 heteroatoms. The smallest absolute Gasteiger partial charge is 0.305 e. The first-order valence-electron chi connectivity index (χ1n) is 31.4. The Hall–Kier alpha value is -2.18. The average Bonchev–Trinajstić information content (AvgIpc) is 3.37. The van der Waals surface area contributed by atoms with Crippen molar-refractivity contribution in [3.63, 3.8) is 0 Å². The van der Waals surface area contributed by atoms with E-state index in [1.165, 1.54) is 238 Å². The van der Waals surface area contributed by atoms with Gasteiger partial charge >= 0.3 is 5.97 Å². The number of hydrogen-bond donors (Lipinski definition) is 3. The number of carbonyl (C=O) groups excluding carboxylic acids is 2. The standard InChI is InChI=1S/C65H121NO5/c1-3-5-7-9-11-13-15-16-17-18-19-25-28-31-34-38-41-45-49-53-57-63(68)62(61-67)66-64(69)58-54-50-46-42-39-35-32-29-26-23-21-20-22-24-27-30-33-36-40-44-48-52-56-60-71-65(70)59-55-51-47-43-37-14-12-10-8-6-4-2/h10,12,20,22-23,26,53,57,62-63,67-68H,3-9,11,13-19,21,24-25,27-52,54-56,58-61H2,1-2H3,(H,66,69)/b12-10-,22-20-,26-23-,57-53+. The number of allylic oxidation sites excluding steroid dienone is 7. The second-order valence-electron chi connectivity index (χ2n) is 21.4. The highest BCUT2D eigenvalue weighted by Gasteiger charge is 2.18. The van der Waals surface area contributed by atoms with Gasteiger partial charge in [0.1, 0.15) is 0 Å². The predicted molar refractivity (Wildman–Crippen MR) is 310 cm³/mol. The quantitative estimate of drug-likeness (QED) is 0.0321. The van der Waals surface area contributed by atoms with Crippen LogP contribution in [-0.2, 0) is 14.3 Å². The van der Waals surface area contributed by atoms with Crippen molar-refractivity contribution in [2.24, 2.45) is 0 Å². The molecule has 0 radical (unpaired) electrons. The first kappa shape index (κ1) is 68.8. The average molecular weight is 997 g/mol. The molecule has 6 nitrogen and oxygen atoms in total. The highest BCUT2D eigenvalue weighted by molar-refractivity contribution is 5.76. The summed E-state index contributed by atoms with van der Waals surface area (Å²) in [6, 6.07) is -0.637. The first-order valence-corrected chi connectivity index (χ1v) is 31.4. The van der Waals surface area contributed by atoms with Crippen LogP contribution < -0.4 is 5.32 Å². The molecule has 3 N–H and O–H groups in total. The van der Waals surface area contributed by atoms with E-state index in [-0.39, 0.29) is 18.5 Å². The fourth-order valence-electron chi connectivity index (χ4n) is 9.47. The Bertz CT molecular complexity index is 1190. The summed E-state index contributed by atoms with van der Waals surface area (Å²) in [5.74, 6) is -0.0815. The number of ether oxygens (including phenoxy) is 1. The van der Waals surface area contributed by atoms with Gasteiger partial charge in [0, 0.05) is 12.8 Å². The van der Waals surface area contributed by atoms with Crippen LogP contribution in [0.3, 0.4) is 0 Å². The van der Waals surface area contributed by atoms with E-state index in [1.807, 2.05) is 6.08 Å². The van der Waals surface area contributed by atoms with E-state index in [0.717, 1.165) is 64.2 Å². The van der Waals surface area contributed by atoms with Crippen LogP contribution in [0.15, 0.2) is 48.6 Å². The van der Waals surface area contributed by atoms with Crippen molar-refractivity contribution in [1.29, 1.82) is 0 Å². The molecule has 0 aromatic rings. The summed E-state index contributed by atoms with van der Waals surface area (Å²) < 4.78 is 5.45. The number of unbranched alkanes of at least 4 members (excludes halogenated alkanes) is 41. The normalized spacial score (nSPS) is 12.9. The van der Waals surface area contributed by atoms with E-state index in [4.69, 9.17) is 4.74 Å². The third-order valence-corrected chi connectivity index (χ3v) is 14.3. The summed E-state index contributed by atoms with van der Waals surface area (Å²) in [7, 11) is 0. The largest absolute Gasteiger partial charge is 0.466 e. The van der Waals surface area contributed by atoms with Crippen molar-refractivity contribution in [3.05, 3.63) is 48.6 Å². The number of rotatable bonds is 58. The summed E-state index contributed by atoms with van der Waals surface area (Å²) in [4.78, 5) is 24.5. The Morgan fingerprint density at radius 2 is 0.718 bits per heavy atom. The summed E-state index contributed by atoms with van der Waals surface area (Å²) in [5.41, 5.74) is 0. The molecule has 0 aliphatic rings. The second kappa shape index (κ2) is 60.4. The van der Waals surface area contributed by atoms with Gasteiger partial charge in [0.2, 0.25) is 5.91 Å². The summed E-state index contributed by atoms with van der Waals surface area (Å²) in [5, 5.41) is 23.2. The van der Waals surface area contributed by atoms with Gasteiger partial charge in [0.05, 0.1) is 25.4 Å². The lowest BCUT2D eigenvalue weighted by Crippen LogP contribution is -2.45. The van der Waals surface area contributed by atoms with Gasteiger partial charge in [0.15, 0.2) is 0 Å². The van der Waals surface area contributed by atoms with Crippen molar-refractivity contribution < 1.29 is 24.5 Å². The van der Waals surface area contributed by atoms with E-state index in [1.54, 1.807) is 6.08 Å². The van der Waals surface area contributed by atoms with Gasteiger partial charge in [-0.25, -0.2) is 0 Å². The SMILES string of the molecule is CCCC/C=C\CCCCCCCC(=O)OCCCCCCCCCCC/C=C\C/C=C\CCCCCCCCCC(=O)NC(CO)C(O)/C=C/CCCCCCCCCCCCCCCCCCCC. The van der Waals surface area contributed by atoms with Crippen LogP contribution in [0.5, 0.6) is 0 Å². The molecule has 0 aromatic heterocycles. The Morgan fingerprint density at radius 1 is 0.394 bits per heavy atom. The fourth-order valence-corrected chi connectivity index (χ4v) is 9.47. The number of esters is 1. The number of aliphatic hydroxyl groups is 2. The van der Waals surface area contributed by atoms with Gasteiger partial charge in [-0.15, -0.1) is 0 Å². The molecular weight excluding hydrogens is 875 g/mol. The third-order valence-electron chi connectivity index (χ3n) is 14.3. The van der Waals surface area contributed by atoms with Crippen LogP contribution in [0, 0.1) is 0 Å². The third kappa shape index (κ3) is 57.0. The molecule has 0 rings (SSSR count). The van der Waals surface area contributed by atoms with E-state index < -0.39 is 12.1 Å². The minimum Gasteiger partial charge on any atom is -0.466 e. The van der Waals surface area contributed by atoms with Crippen LogP contribution in [0.25, 0.3) is 0 Å². The molecule has 0 aliphatic carbocycles. The first-order chi connectivity index (χ1) is 35.0. The van der Waals surface area contributed by atoms with Crippen molar-refractivity contribution in [3.8, 4) is 0 Å². The van der Waals surface area contributed by atoms with E-state index in [2.05, 4.69) is 55.6 Å². The Kier molecular flexibility index (Phi) is 58.5. The molecule has 416 valence electrons. The molecular formula is C65H121NO5. The summed E-state index contributed by atoms with van der Waals surface area (Å²) in [6.45, 7) is 4.87. The monoisotopic (exact) mass is 996 g/mol. The molecule has 2 unspecified atom stereocenters. The molecule has 0 aromatic carbocycles. The van der Waals surface area contributed by atoms with Gasteiger partial charge < -0.3 is 20.3 Å². The molecule has 0 saturated heterocycles. The van der Waals surface area contributed by atoms with Crippen LogP contribution >= 0.6 is 0 Å². The molecule has 0 aliphatic heterocycles. The maximum absolute atomic E-state index is 12.5. The second-order valence-corrected chi connectivity index (χ2v) is 21.4. The summed E-state index contributed by atoms with van der Waals surface area (Å²) >= 11 is 0. The maximum atomic E-state index is 12.5. The van der Waals surface area contributed by atoms with Crippen LogP contribution in [-0.4, -0.2) is 47.4 Å². The zero-order chi connectivity index (χ0) is 51.4. The molecule has 2 atom stereocenters. The lowest BCUT2D eigenvalue weighted by atomic mass is 10.0. The van der Waals surface area contributed by atoms with E-state index in [9.17, 15) is 19.8 Å². The van der Waals surface area contributed by atoms with E-state index >= 15 is 0 Å². The highest BCUT2D eigenvalue weighted by atomic mass is 16.5. The van der Waals surface area contributed by atoms with Crippen LogP contribution in [0.2, 0.25) is 0 Å². The van der Waals surface area contributed by atoms with Gasteiger partial charge in [-0.05, 0) is 83.5 Å². The number of hydrogen-bond acceptors (Lipinski definition) is 5. The highest BCUT2D eigenvalue weighted by Crippen LogP contribution is 2.17. The fraction of sp³-hybridized carbons (Fsp3) is 0.846. The molecule has 0 bridgehead atoms. The molecule has 71 heavy (non-hydrogen) atoms. The van der Waals surface area contributed by atoms with Crippen molar-refractivity contribution >= 4 is 11.9 Å². The van der Waals surface area contributed by atoms with Gasteiger partial charge in [-0.1, -0.05) is 281 Å². The number of nitrogens with one attached hydrogen (secondary N) is 1.